The number of carbonyl (C=O) groups is 1. The molecule has 0 spiro atoms. The van der Waals surface area contributed by atoms with E-state index in [1.54, 1.807) is 6.07 Å². The Hall–Kier alpha value is -2.46. The summed E-state index contributed by atoms with van der Waals surface area (Å²) in [4.78, 5) is 28.0. The molecular formula is C14H11N5O3S2. The summed E-state index contributed by atoms with van der Waals surface area (Å²) in [7, 11) is 0. The maximum absolute atomic E-state index is 12.2. The molecule has 2 heterocycles. The Bertz CT molecular complexity index is 847. The Labute approximate surface area is 145 Å². The van der Waals surface area contributed by atoms with Crippen molar-refractivity contribution in [2.24, 2.45) is 9.39 Å². The first-order chi connectivity index (χ1) is 11.5. The number of amides is 1. The summed E-state index contributed by atoms with van der Waals surface area (Å²) >= 11 is 2.51. The van der Waals surface area contributed by atoms with Gasteiger partial charge >= 0.3 is 0 Å². The van der Waals surface area contributed by atoms with Gasteiger partial charge in [0.05, 0.1) is 22.4 Å². The first kappa shape index (κ1) is 16.4. The number of fused-ring (bicyclic) bond motifs is 1. The normalized spacial score (nSPS) is 18.5. The Morgan fingerprint density at radius 1 is 1.50 bits per heavy atom. The Morgan fingerprint density at radius 3 is 3.00 bits per heavy atom. The molecule has 0 unspecified atom stereocenters. The van der Waals surface area contributed by atoms with Gasteiger partial charge in [0.25, 0.3) is 11.6 Å². The van der Waals surface area contributed by atoms with Crippen molar-refractivity contribution in [1.82, 2.24) is 4.90 Å². The predicted molar refractivity (Wildman–Crippen MR) is 96.2 cm³/mol. The quantitative estimate of drug-likeness (QED) is 0.383. The van der Waals surface area contributed by atoms with E-state index in [2.05, 4.69) is 9.39 Å². The second kappa shape index (κ2) is 6.57. The van der Waals surface area contributed by atoms with Crippen molar-refractivity contribution in [3.63, 3.8) is 0 Å². The summed E-state index contributed by atoms with van der Waals surface area (Å²) in [6.45, 7) is 1.96. The number of amidine groups is 3. The Kier molecular flexibility index (Phi) is 4.49. The van der Waals surface area contributed by atoms with E-state index in [-0.39, 0.29) is 17.1 Å². The molecule has 2 aliphatic rings. The lowest BCUT2D eigenvalue weighted by molar-refractivity contribution is -0.384. The average molecular weight is 361 g/mol. The molecule has 3 rings (SSSR count). The van der Waals surface area contributed by atoms with Crippen LogP contribution in [0.1, 0.15) is 12.5 Å². The first-order valence-electron chi connectivity index (χ1n) is 6.87. The standard InChI is InChI=1S/C14H11N5O3S2/c1-2-23-14-17-24-13-16-12(20)10(11(15)18(13)14)7-8-4-3-5-9(6-8)19(21)22/h3-7,15H,2H2,1H3/b10-7-,15-11?. The van der Waals surface area contributed by atoms with Gasteiger partial charge in [-0.15, -0.1) is 0 Å². The molecule has 2 aliphatic heterocycles. The highest BCUT2D eigenvalue weighted by molar-refractivity contribution is 8.19. The number of carbonyl (C=O) groups excluding carboxylic acids is 1. The fraction of sp³-hybridized carbons (Fsp3) is 0.143. The monoisotopic (exact) mass is 361 g/mol. The van der Waals surface area contributed by atoms with Crippen molar-refractivity contribution in [3.05, 3.63) is 45.5 Å². The van der Waals surface area contributed by atoms with Crippen LogP contribution in [-0.4, -0.2) is 37.7 Å². The van der Waals surface area contributed by atoms with Crippen molar-refractivity contribution < 1.29 is 9.72 Å². The summed E-state index contributed by atoms with van der Waals surface area (Å²) in [5, 5.41) is 20.1. The lowest BCUT2D eigenvalue weighted by Gasteiger charge is -2.24. The number of aliphatic imine (C=N–C) groups is 1. The number of nitrogens with one attached hydrogen (secondary N) is 1. The average Bonchev–Trinajstić information content (AvgIpc) is 2.95. The van der Waals surface area contributed by atoms with Crippen molar-refractivity contribution in [2.75, 3.05) is 5.75 Å². The lowest BCUT2D eigenvalue weighted by Crippen LogP contribution is -2.41. The van der Waals surface area contributed by atoms with Gasteiger partial charge in [0.1, 0.15) is 5.84 Å². The van der Waals surface area contributed by atoms with Crippen LogP contribution < -0.4 is 0 Å². The molecule has 0 radical (unpaired) electrons. The molecule has 0 aliphatic carbocycles. The van der Waals surface area contributed by atoms with Gasteiger partial charge in [0, 0.05) is 12.1 Å². The number of nitro benzene ring substituents is 1. The minimum Gasteiger partial charge on any atom is -0.283 e. The van der Waals surface area contributed by atoms with Gasteiger partial charge in [-0.3, -0.25) is 20.3 Å². The summed E-state index contributed by atoms with van der Waals surface area (Å²) < 4.78 is 4.22. The number of thioether (sulfide) groups is 1. The topological polar surface area (TPSA) is 112 Å². The molecule has 0 fully saturated rings. The third-order valence-electron chi connectivity index (χ3n) is 3.16. The number of hydrogen-bond acceptors (Lipinski definition) is 7. The minimum atomic E-state index is -0.553. The van der Waals surface area contributed by atoms with E-state index < -0.39 is 10.8 Å². The van der Waals surface area contributed by atoms with E-state index in [4.69, 9.17) is 5.41 Å². The summed E-state index contributed by atoms with van der Waals surface area (Å²) in [5.41, 5.74) is 0.458. The SMILES string of the molecule is CCSC1=NSC2=NC(=O)/C(=C\c3cccc([N+](=O)[O-])c3)C(=N)N12. The van der Waals surface area contributed by atoms with E-state index in [9.17, 15) is 14.9 Å². The van der Waals surface area contributed by atoms with Gasteiger partial charge in [-0.2, -0.15) is 9.39 Å². The van der Waals surface area contributed by atoms with Gasteiger partial charge in [0.15, 0.2) is 5.17 Å². The summed E-state index contributed by atoms with van der Waals surface area (Å²) in [5.74, 6) is 0.193. The van der Waals surface area contributed by atoms with E-state index in [1.807, 2.05) is 6.92 Å². The second-order valence-electron chi connectivity index (χ2n) is 4.69. The fourth-order valence-electron chi connectivity index (χ4n) is 2.12. The molecule has 0 bridgehead atoms. The van der Waals surface area contributed by atoms with Gasteiger partial charge in [-0.25, -0.2) is 4.90 Å². The van der Waals surface area contributed by atoms with Gasteiger partial charge < -0.3 is 0 Å². The number of hydrogen-bond donors (Lipinski definition) is 1. The van der Waals surface area contributed by atoms with Gasteiger partial charge in [-0.05, 0) is 17.4 Å². The van der Waals surface area contributed by atoms with Crippen LogP contribution in [0.3, 0.4) is 0 Å². The number of nitrogens with zero attached hydrogens (tertiary/aromatic N) is 4. The highest BCUT2D eigenvalue weighted by Crippen LogP contribution is 2.31. The van der Waals surface area contributed by atoms with E-state index in [1.165, 1.54) is 40.9 Å². The van der Waals surface area contributed by atoms with E-state index in [0.717, 1.165) is 17.7 Å². The van der Waals surface area contributed by atoms with Crippen LogP contribution in [0.5, 0.6) is 0 Å². The first-order valence-corrected chi connectivity index (χ1v) is 8.63. The molecule has 10 heteroatoms. The molecule has 0 saturated heterocycles. The van der Waals surface area contributed by atoms with Crippen LogP contribution in [0.2, 0.25) is 0 Å². The van der Waals surface area contributed by atoms with Crippen molar-refractivity contribution in [3.8, 4) is 0 Å². The third kappa shape index (κ3) is 2.97. The largest absolute Gasteiger partial charge is 0.283 e. The molecule has 1 aromatic carbocycles. The summed E-state index contributed by atoms with van der Waals surface area (Å²) in [6.07, 6.45) is 1.44. The van der Waals surface area contributed by atoms with E-state index in [0.29, 0.717) is 15.9 Å². The Morgan fingerprint density at radius 2 is 2.29 bits per heavy atom. The molecule has 0 saturated carbocycles. The van der Waals surface area contributed by atoms with Crippen LogP contribution in [0.4, 0.5) is 5.69 Å². The molecule has 1 aromatic rings. The number of benzene rings is 1. The highest BCUT2D eigenvalue weighted by atomic mass is 32.2. The van der Waals surface area contributed by atoms with Crippen LogP contribution in [0.25, 0.3) is 6.08 Å². The second-order valence-corrected chi connectivity index (χ2v) is 6.65. The predicted octanol–water partition coefficient (Wildman–Crippen LogP) is 2.92. The van der Waals surface area contributed by atoms with Crippen molar-refractivity contribution in [2.45, 2.75) is 6.92 Å². The summed E-state index contributed by atoms with van der Waals surface area (Å²) in [6, 6.07) is 5.88. The molecule has 1 amide bonds. The molecule has 24 heavy (non-hydrogen) atoms. The van der Waals surface area contributed by atoms with Crippen molar-refractivity contribution >= 4 is 57.6 Å². The van der Waals surface area contributed by atoms with Crippen LogP contribution in [0, 0.1) is 15.5 Å². The van der Waals surface area contributed by atoms with Crippen LogP contribution >= 0.6 is 23.7 Å². The minimum absolute atomic E-state index is 0.0267. The number of rotatable bonds is 3. The lowest BCUT2D eigenvalue weighted by atomic mass is 10.1. The fourth-order valence-corrected chi connectivity index (χ4v) is 3.69. The van der Waals surface area contributed by atoms with Gasteiger partial charge in [0.2, 0.25) is 5.17 Å². The molecule has 0 atom stereocenters. The molecule has 1 N–H and O–H groups in total. The van der Waals surface area contributed by atoms with E-state index >= 15 is 0 Å². The zero-order valence-electron chi connectivity index (χ0n) is 12.4. The molecular weight excluding hydrogens is 350 g/mol. The highest BCUT2D eigenvalue weighted by Gasteiger charge is 2.37. The maximum atomic E-state index is 12.2. The smallest absolute Gasteiger partial charge is 0.283 e. The van der Waals surface area contributed by atoms with Crippen LogP contribution in [-0.2, 0) is 4.79 Å². The number of nitro groups is 1. The number of non-ortho nitro benzene ring substituents is 1. The third-order valence-corrected chi connectivity index (χ3v) is 4.80. The maximum Gasteiger partial charge on any atom is 0.283 e. The zero-order chi connectivity index (χ0) is 17.3. The zero-order valence-corrected chi connectivity index (χ0v) is 14.1. The molecule has 122 valence electrons. The molecule has 8 nitrogen and oxygen atoms in total. The molecule has 0 aromatic heterocycles. The van der Waals surface area contributed by atoms with Gasteiger partial charge in [-0.1, -0.05) is 30.8 Å². The van der Waals surface area contributed by atoms with Crippen LogP contribution in [0.15, 0.2) is 39.2 Å². The van der Waals surface area contributed by atoms with Crippen molar-refractivity contribution in [1.29, 1.82) is 5.41 Å². The Balaban J connectivity index is 1.98.